The van der Waals surface area contributed by atoms with Crippen molar-refractivity contribution >= 4 is 5.78 Å². The lowest BCUT2D eigenvalue weighted by Crippen LogP contribution is -2.18. The van der Waals surface area contributed by atoms with Crippen molar-refractivity contribution in [3.05, 3.63) is 28.8 Å². The molecule has 3 rings (SSSR count). The van der Waals surface area contributed by atoms with Crippen LogP contribution in [0.4, 0.5) is 0 Å². The quantitative estimate of drug-likeness (QED) is 0.607. The van der Waals surface area contributed by atoms with Gasteiger partial charge in [-0.25, -0.2) is 0 Å². The van der Waals surface area contributed by atoms with Gasteiger partial charge < -0.3 is 4.89 Å². The second-order valence-electron chi connectivity index (χ2n) is 4.01. The van der Waals surface area contributed by atoms with E-state index < -0.39 is 0 Å². The first kappa shape index (κ1) is 8.92. The zero-order valence-electron chi connectivity index (χ0n) is 8.41. The van der Waals surface area contributed by atoms with Gasteiger partial charge in [-0.05, 0) is 12.8 Å². The first-order valence-corrected chi connectivity index (χ1v) is 5.33. The van der Waals surface area contributed by atoms with Crippen molar-refractivity contribution in [2.24, 2.45) is 0 Å². The molecular weight excluding hydrogens is 192 g/mol. The summed E-state index contributed by atoms with van der Waals surface area (Å²) in [5.41, 5.74) is 3.03. The van der Waals surface area contributed by atoms with E-state index >= 15 is 0 Å². The van der Waals surface area contributed by atoms with Crippen molar-refractivity contribution in [1.82, 2.24) is 0 Å². The topological polar surface area (TPSA) is 35.5 Å². The predicted molar refractivity (Wildman–Crippen MR) is 54.0 cm³/mol. The van der Waals surface area contributed by atoms with E-state index in [-0.39, 0.29) is 5.78 Å². The molecule has 0 N–H and O–H groups in total. The minimum Gasteiger partial charge on any atom is -0.337 e. The fourth-order valence-electron chi connectivity index (χ4n) is 2.30. The Balaban J connectivity index is 2.17. The number of ketones is 1. The Bertz CT molecular complexity index is 423. The van der Waals surface area contributed by atoms with E-state index in [9.17, 15) is 4.79 Å². The molecule has 0 saturated heterocycles. The third-order valence-electron chi connectivity index (χ3n) is 3.07. The number of hydrogen-bond donors (Lipinski definition) is 0. The van der Waals surface area contributed by atoms with Crippen LogP contribution in [0.15, 0.2) is 12.1 Å². The molecule has 1 aromatic carbocycles. The summed E-state index contributed by atoms with van der Waals surface area (Å²) in [6.07, 6.45) is 3.38. The standard InChI is InChI=1S/C12H12O3/c13-11-3-1-2-10-9(11)5-4-8-6-7-14-15-12(8)10/h4-5H,1-3,6-7H2. The maximum Gasteiger partial charge on any atom is 0.172 e. The summed E-state index contributed by atoms with van der Waals surface area (Å²) in [6.45, 7) is 0.597. The molecule has 1 aliphatic carbocycles. The average Bonchev–Trinajstić information content (AvgIpc) is 2.29. The van der Waals surface area contributed by atoms with E-state index in [0.29, 0.717) is 13.0 Å². The maximum absolute atomic E-state index is 11.7. The van der Waals surface area contributed by atoms with Gasteiger partial charge in [-0.3, -0.25) is 4.79 Å². The second kappa shape index (κ2) is 3.35. The van der Waals surface area contributed by atoms with Crippen LogP contribution in [0.5, 0.6) is 5.75 Å². The molecular formula is C12H12O3. The smallest absolute Gasteiger partial charge is 0.172 e. The van der Waals surface area contributed by atoms with Gasteiger partial charge in [0, 0.05) is 29.5 Å². The Kier molecular flexibility index (Phi) is 1.99. The van der Waals surface area contributed by atoms with Crippen LogP contribution in [0.1, 0.15) is 34.3 Å². The summed E-state index contributed by atoms with van der Waals surface area (Å²) in [6, 6.07) is 3.92. The van der Waals surface area contributed by atoms with Crippen LogP contribution < -0.4 is 4.89 Å². The number of Topliss-reactive ketones (excluding diaryl/α,β-unsaturated/α-hetero) is 1. The molecule has 15 heavy (non-hydrogen) atoms. The van der Waals surface area contributed by atoms with Crippen molar-refractivity contribution in [3.63, 3.8) is 0 Å². The molecule has 1 aromatic rings. The van der Waals surface area contributed by atoms with Gasteiger partial charge in [-0.15, -0.1) is 0 Å². The fraction of sp³-hybridized carbons (Fsp3) is 0.417. The van der Waals surface area contributed by atoms with Gasteiger partial charge in [-0.2, -0.15) is 4.89 Å². The molecule has 0 amide bonds. The van der Waals surface area contributed by atoms with Gasteiger partial charge in [0.2, 0.25) is 0 Å². The number of benzene rings is 1. The van der Waals surface area contributed by atoms with E-state index in [4.69, 9.17) is 9.78 Å². The predicted octanol–water partition coefficient (Wildman–Crippen LogP) is 2.07. The fourth-order valence-corrected chi connectivity index (χ4v) is 2.30. The Morgan fingerprint density at radius 2 is 2.07 bits per heavy atom. The summed E-state index contributed by atoms with van der Waals surface area (Å²) in [4.78, 5) is 21.9. The molecule has 0 radical (unpaired) electrons. The number of carbonyl (C=O) groups is 1. The van der Waals surface area contributed by atoms with Gasteiger partial charge in [0.1, 0.15) is 0 Å². The normalized spacial score (nSPS) is 19.1. The van der Waals surface area contributed by atoms with Crippen molar-refractivity contribution in [1.29, 1.82) is 0 Å². The first-order valence-electron chi connectivity index (χ1n) is 5.33. The van der Waals surface area contributed by atoms with E-state index in [1.165, 1.54) is 0 Å². The SMILES string of the molecule is O=C1CCCc2c1ccc1c2OOCC1. The molecule has 0 fully saturated rings. The molecule has 0 bridgehead atoms. The average molecular weight is 204 g/mol. The molecule has 1 aliphatic heterocycles. The van der Waals surface area contributed by atoms with Crippen molar-refractivity contribution in [2.45, 2.75) is 25.7 Å². The van der Waals surface area contributed by atoms with Crippen LogP contribution in [0.2, 0.25) is 0 Å². The molecule has 3 nitrogen and oxygen atoms in total. The lowest BCUT2D eigenvalue weighted by Gasteiger charge is -2.23. The Hall–Kier alpha value is -1.35. The minimum atomic E-state index is 0.230. The molecule has 2 aliphatic rings. The zero-order valence-corrected chi connectivity index (χ0v) is 8.41. The van der Waals surface area contributed by atoms with E-state index in [2.05, 4.69) is 0 Å². The number of fused-ring (bicyclic) bond motifs is 3. The third kappa shape index (κ3) is 1.35. The molecule has 0 spiro atoms. The number of rotatable bonds is 0. The largest absolute Gasteiger partial charge is 0.337 e. The monoisotopic (exact) mass is 204 g/mol. The summed E-state index contributed by atoms with van der Waals surface area (Å²) in [5, 5.41) is 0. The van der Waals surface area contributed by atoms with Gasteiger partial charge >= 0.3 is 0 Å². The lowest BCUT2D eigenvalue weighted by molar-refractivity contribution is -0.215. The maximum atomic E-state index is 11.7. The zero-order chi connectivity index (χ0) is 10.3. The van der Waals surface area contributed by atoms with E-state index in [0.717, 1.165) is 41.7 Å². The first-order chi connectivity index (χ1) is 7.36. The second-order valence-corrected chi connectivity index (χ2v) is 4.01. The van der Waals surface area contributed by atoms with Gasteiger partial charge in [0.15, 0.2) is 11.5 Å². The molecule has 1 heterocycles. The van der Waals surface area contributed by atoms with E-state index in [1.54, 1.807) is 0 Å². The molecule has 0 aromatic heterocycles. The summed E-state index contributed by atoms with van der Waals surface area (Å²) < 4.78 is 0. The molecule has 0 atom stereocenters. The van der Waals surface area contributed by atoms with Gasteiger partial charge in [-0.1, -0.05) is 12.1 Å². The van der Waals surface area contributed by atoms with Crippen molar-refractivity contribution in [2.75, 3.05) is 6.61 Å². The van der Waals surface area contributed by atoms with Crippen LogP contribution >= 0.6 is 0 Å². The molecule has 0 saturated carbocycles. The van der Waals surface area contributed by atoms with Crippen LogP contribution in [0.25, 0.3) is 0 Å². The highest BCUT2D eigenvalue weighted by Gasteiger charge is 2.25. The Morgan fingerprint density at radius 1 is 1.13 bits per heavy atom. The lowest BCUT2D eigenvalue weighted by atomic mass is 9.88. The van der Waals surface area contributed by atoms with Crippen LogP contribution in [-0.4, -0.2) is 12.4 Å². The number of hydrogen-bond acceptors (Lipinski definition) is 3. The molecule has 78 valence electrons. The van der Waals surface area contributed by atoms with Gasteiger partial charge in [0.25, 0.3) is 0 Å². The molecule has 0 unspecified atom stereocenters. The van der Waals surface area contributed by atoms with Crippen LogP contribution in [-0.2, 0) is 17.7 Å². The van der Waals surface area contributed by atoms with Crippen LogP contribution in [0, 0.1) is 0 Å². The van der Waals surface area contributed by atoms with Crippen molar-refractivity contribution in [3.8, 4) is 5.75 Å². The minimum absolute atomic E-state index is 0.230. The number of carbonyl (C=O) groups excluding carboxylic acids is 1. The highest BCUT2D eigenvalue weighted by Crippen LogP contribution is 2.34. The third-order valence-corrected chi connectivity index (χ3v) is 3.07. The Morgan fingerprint density at radius 3 is 3.00 bits per heavy atom. The Labute approximate surface area is 87.9 Å². The van der Waals surface area contributed by atoms with Crippen molar-refractivity contribution < 1.29 is 14.6 Å². The highest BCUT2D eigenvalue weighted by molar-refractivity contribution is 5.99. The van der Waals surface area contributed by atoms with Gasteiger partial charge in [0.05, 0.1) is 6.61 Å². The molecule has 3 heteroatoms. The summed E-state index contributed by atoms with van der Waals surface area (Å²) in [5.74, 6) is 1.03. The summed E-state index contributed by atoms with van der Waals surface area (Å²) >= 11 is 0. The van der Waals surface area contributed by atoms with Crippen LogP contribution in [0.3, 0.4) is 0 Å². The summed E-state index contributed by atoms with van der Waals surface area (Å²) in [7, 11) is 0. The van der Waals surface area contributed by atoms with E-state index in [1.807, 2.05) is 12.1 Å². The highest BCUT2D eigenvalue weighted by atomic mass is 17.2.